The molecule has 0 aromatic carbocycles. The highest BCUT2D eigenvalue weighted by atomic mass is 16.1. The average Bonchev–Trinajstić information content (AvgIpc) is 2.80. The lowest BCUT2D eigenvalue weighted by atomic mass is 9.84. The predicted molar refractivity (Wildman–Crippen MR) is 109 cm³/mol. The van der Waals surface area contributed by atoms with E-state index in [1.165, 1.54) is 127 Å². The normalized spacial score (nSPS) is 22.9. The first-order valence-electron chi connectivity index (χ1n) is 11.4. The Morgan fingerprint density at radius 2 is 1.08 bits per heavy atom. The molecule has 3 nitrogen and oxygen atoms in total. The largest absolute Gasteiger partial charge is 0.323 e. The van der Waals surface area contributed by atoms with Gasteiger partial charge in [0.05, 0.1) is 11.9 Å². The molecule has 0 bridgehead atoms. The van der Waals surface area contributed by atoms with Gasteiger partial charge in [-0.2, -0.15) is 0 Å². The van der Waals surface area contributed by atoms with E-state index in [9.17, 15) is 4.79 Å². The van der Waals surface area contributed by atoms with Gasteiger partial charge in [-0.25, -0.2) is 0 Å². The van der Waals surface area contributed by atoms with Crippen LogP contribution in [0.1, 0.15) is 132 Å². The van der Waals surface area contributed by atoms with Crippen molar-refractivity contribution in [3.8, 4) is 0 Å². The number of nitrogens with zero attached hydrogens (tertiary/aromatic N) is 1. The van der Waals surface area contributed by atoms with Crippen molar-refractivity contribution in [2.75, 3.05) is 0 Å². The van der Waals surface area contributed by atoms with E-state index < -0.39 is 0 Å². The van der Waals surface area contributed by atoms with E-state index in [1.807, 2.05) is 0 Å². The van der Waals surface area contributed by atoms with E-state index >= 15 is 0 Å². The van der Waals surface area contributed by atoms with Crippen LogP contribution in [0.25, 0.3) is 0 Å². The molecule has 0 atom stereocenters. The molecule has 0 spiro atoms. The molecule has 1 aromatic heterocycles. The summed E-state index contributed by atoms with van der Waals surface area (Å²) in [5, 5.41) is 0. The second kappa shape index (κ2) is 10.9. The zero-order valence-corrected chi connectivity index (χ0v) is 16.6. The van der Waals surface area contributed by atoms with Crippen molar-refractivity contribution < 1.29 is 0 Å². The number of H-pyrrole nitrogens is 1. The monoisotopic (exact) mass is 358 g/mol. The minimum atomic E-state index is -0.0103. The van der Waals surface area contributed by atoms with Gasteiger partial charge in [0.25, 0.3) is 5.56 Å². The highest BCUT2D eigenvalue weighted by Gasteiger charge is 2.23. The van der Waals surface area contributed by atoms with Crippen LogP contribution >= 0.6 is 0 Å². The van der Waals surface area contributed by atoms with Gasteiger partial charge < -0.3 is 4.98 Å². The van der Waals surface area contributed by atoms with Gasteiger partial charge >= 0.3 is 0 Å². The molecule has 0 radical (unpaired) electrons. The first-order chi connectivity index (χ1) is 12.8. The molecule has 0 aliphatic heterocycles. The van der Waals surface area contributed by atoms with Crippen molar-refractivity contribution >= 4 is 0 Å². The fourth-order valence-electron chi connectivity index (χ4n) is 5.07. The van der Waals surface area contributed by atoms with Gasteiger partial charge in [0.15, 0.2) is 0 Å². The summed E-state index contributed by atoms with van der Waals surface area (Å²) in [6, 6.07) is 0. The molecular weight excluding hydrogens is 320 g/mol. The Bertz CT molecular complexity index is 560. The summed E-state index contributed by atoms with van der Waals surface area (Å²) in [7, 11) is 0. The maximum absolute atomic E-state index is 12.1. The number of aromatic amines is 1. The second-order valence-corrected chi connectivity index (χ2v) is 8.69. The third-order valence-electron chi connectivity index (χ3n) is 6.61. The summed E-state index contributed by atoms with van der Waals surface area (Å²) in [5.74, 6) is 1.06. The van der Waals surface area contributed by atoms with Gasteiger partial charge in [0.2, 0.25) is 0 Å². The Morgan fingerprint density at radius 3 is 1.58 bits per heavy atom. The first-order valence-corrected chi connectivity index (χ1v) is 11.4. The number of nitrogens with one attached hydrogen (secondary N) is 1. The molecule has 2 saturated carbocycles. The van der Waals surface area contributed by atoms with Crippen LogP contribution in [0.5, 0.6) is 0 Å². The molecular formula is C23H38N2O. The van der Waals surface area contributed by atoms with Crippen LogP contribution in [0.15, 0.2) is 11.0 Å². The lowest BCUT2D eigenvalue weighted by Crippen LogP contribution is -2.19. The van der Waals surface area contributed by atoms with Gasteiger partial charge in [0, 0.05) is 17.5 Å². The molecule has 2 fully saturated rings. The van der Waals surface area contributed by atoms with E-state index in [2.05, 4.69) is 4.98 Å². The van der Waals surface area contributed by atoms with E-state index in [-0.39, 0.29) is 5.56 Å². The predicted octanol–water partition coefficient (Wildman–Crippen LogP) is 6.60. The van der Waals surface area contributed by atoms with E-state index in [0.717, 1.165) is 0 Å². The minimum absolute atomic E-state index is 0.0103. The maximum atomic E-state index is 12.1. The molecule has 2 aliphatic carbocycles. The Hall–Kier alpha value is -1.12. The maximum Gasteiger partial charge on any atom is 0.266 e. The molecule has 26 heavy (non-hydrogen) atoms. The minimum Gasteiger partial charge on any atom is -0.323 e. The zero-order chi connectivity index (χ0) is 18.0. The summed E-state index contributed by atoms with van der Waals surface area (Å²) >= 11 is 0. The number of aromatic nitrogens is 2. The summed E-state index contributed by atoms with van der Waals surface area (Å²) in [4.78, 5) is 20.1. The molecule has 1 N–H and O–H groups in total. The van der Waals surface area contributed by atoms with Crippen LogP contribution in [-0.2, 0) is 0 Å². The Morgan fingerprint density at radius 1 is 0.654 bits per heavy atom. The standard InChI is InChI=1S/C23H38N2O/c26-21-18-24-22(19-14-10-8-4-5-9-11-15-19)23(25-21)20-16-12-6-2-1-3-7-13-17-20/h18-20H,1-17H2,(H,25,26). The number of hydrogen-bond donors (Lipinski definition) is 1. The van der Waals surface area contributed by atoms with Crippen LogP contribution in [-0.4, -0.2) is 9.97 Å². The Kier molecular flexibility index (Phi) is 8.23. The van der Waals surface area contributed by atoms with Gasteiger partial charge in [-0.3, -0.25) is 9.78 Å². The highest BCUT2D eigenvalue weighted by molar-refractivity contribution is 5.20. The van der Waals surface area contributed by atoms with Crippen molar-refractivity contribution in [1.82, 2.24) is 9.97 Å². The summed E-state index contributed by atoms with van der Waals surface area (Å²) in [5.41, 5.74) is 2.44. The summed E-state index contributed by atoms with van der Waals surface area (Å²) in [6.45, 7) is 0. The number of rotatable bonds is 2. The number of hydrogen-bond acceptors (Lipinski definition) is 2. The summed E-state index contributed by atoms with van der Waals surface area (Å²) < 4.78 is 0. The third kappa shape index (κ3) is 5.96. The molecule has 0 amide bonds. The van der Waals surface area contributed by atoms with Crippen LogP contribution < -0.4 is 5.56 Å². The van der Waals surface area contributed by atoms with Crippen molar-refractivity contribution in [2.24, 2.45) is 0 Å². The molecule has 0 saturated heterocycles. The molecule has 3 rings (SSSR count). The van der Waals surface area contributed by atoms with Gasteiger partial charge in [-0.15, -0.1) is 0 Å². The Labute approximate surface area is 159 Å². The molecule has 1 heterocycles. The third-order valence-corrected chi connectivity index (χ3v) is 6.61. The van der Waals surface area contributed by atoms with E-state index in [0.29, 0.717) is 11.8 Å². The fourth-order valence-corrected chi connectivity index (χ4v) is 5.07. The van der Waals surface area contributed by atoms with Crippen molar-refractivity contribution in [3.63, 3.8) is 0 Å². The lowest BCUT2D eigenvalue weighted by Gasteiger charge is -2.24. The lowest BCUT2D eigenvalue weighted by molar-refractivity contribution is 0.444. The topological polar surface area (TPSA) is 45.8 Å². The molecule has 2 aliphatic rings. The van der Waals surface area contributed by atoms with Crippen molar-refractivity contribution in [2.45, 2.75) is 121 Å². The smallest absolute Gasteiger partial charge is 0.266 e. The van der Waals surface area contributed by atoms with Gasteiger partial charge in [-0.1, -0.05) is 83.5 Å². The molecule has 1 aromatic rings. The van der Waals surface area contributed by atoms with E-state index in [1.54, 1.807) is 0 Å². The van der Waals surface area contributed by atoms with Gasteiger partial charge in [0.1, 0.15) is 0 Å². The van der Waals surface area contributed by atoms with Crippen LogP contribution in [0.2, 0.25) is 0 Å². The van der Waals surface area contributed by atoms with Crippen LogP contribution in [0.3, 0.4) is 0 Å². The van der Waals surface area contributed by atoms with Crippen LogP contribution in [0.4, 0.5) is 0 Å². The fraction of sp³-hybridized carbons (Fsp3) is 0.826. The summed E-state index contributed by atoms with van der Waals surface area (Å²) in [6.07, 6.45) is 24.1. The Balaban J connectivity index is 1.81. The van der Waals surface area contributed by atoms with Crippen molar-refractivity contribution in [3.05, 3.63) is 27.9 Å². The second-order valence-electron chi connectivity index (χ2n) is 8.69. The van der Waals surface area contributed by atoms with E-state index in [4.69, 9.17) is 4.98 Å². The molecule has 146 valence electrons. The molecule has 3 heteroatoms. The van der Waals surface area contributed by atoms with Crippen LogP contribution in [0, 0.1) is 0 Å². The average molecular weight is 359 g/mol. The first kappa shape index (κ1) is 19.6. The highest BCUT2D eigenvalue weighted by Crippen LogP contribution is 2.36. The van der Waals surface area contributed by atoms with Crippen molar-refractivity contribution in [1.29, 1.82) is 0 Å². The molecule has 0 unspecified atom stereocenters. The van der Waals surface area contributed by atoms with Gasteiger partial charge in [-0.05, 0) is 25.7 Å². The quantitative estimate of drug-likeness (QED) is 0.647. The SMILES string of the molecule is O=c1cnc(C2CCCCCCCC2)c(C2CCCCCCCCC2)[nH]1. The zero-order valence-electron chi connectivity index (χ0n) is 16.6.